The van der Waals surface area contributed by atoms with Crippen molar-refractivity contribution in [3.05, 3.63) is 59.9 Å². The van der Waals surface area contributed by atoms with E-state index in [1.165, 1.54) is 6.07 Å². The van der Waals surface area contributed by atoms with Gasteiger partial charge in [-0.3, -0.25) is 9.78 Å². The number of phenols is 1. The lowest BCUT2D eigenvalue weighted by atomic mass is 9.81. The number of hydrogen-bond donors (Lipinski definition) is 1. The molecule has 2 aliphatic heterocycles. The van der Waals surface area contributed by atoms with Gasteiger partial charge in [-0.25, -0.2) is 0 Å². The fourth-order valence-electron chi connectivity index (χ4n) is 3.73. The summed E-state index contributed by atoms with van der Waals surface area (Å²) >= 11 is 0. The van der Waals surface area contributed by atoms with Crippen LogP contribution in [0.1, 0.15) is 22.3 Å². The van der Waals surface area contributed by atoms with Crippen molar-refractivity contribution in [2.45, 2.75) is 18.6 Å². The first-order valence-corrected chi connectivity index (χ1v) is 8.85. The second kappa shape index (κ2) is 7.05. The number of ether oxygens (including phenoxy) is 2. The smallest absolute Gasteiger partial charge is 0.254 e. The Morgan fingerprint density at radius 2 is 2.12 bits per heavy atom. The van der Waals surface area contributed by atoms with Crippen LogP contribution in [-0.4, -0.2) is 52.8 Å². The monoisotopic (exact) mass is 354 g/mol. The number of rotatable bonds is 5. The highest BCUT2D eigenvalue weighted by Gasteiger charge is 2.54. The van der Waals surface area contributed by atoms with Crippen molar-refractivity contribution in [1.82, 2.24) is 9.88 Å². The molecule has 4 rings (SSSR count). The Hall–Kier alpha value is -2.44. The summed E-state index contributed by atoms with van der Waals surface area (Å²) < 4.78 is 11.9. The fourth-order valence-corrected chi connectivity index (χ4v) is 3.73. The molecule has 0 unspecified atom stereocenters. The third-order valence-corrected chi connectivity index (χ3v) is 5.23. The zero-order valence-corrected chi connectivity index (χ0v) is 14.5. The van der Waals surface area contributed by atoms with Crippen LogP contribution in [0.5, 0.6) is 5.75 Å². The van der Waals surface area contributed by atoms with Gasteiger partial charge in [0.15, 0.2) is 0 Å². The number of amides is 1. The molecule has 2 saturated heterocycles. The topological polar surface area (TPSA) is 71.9 Å². The molecule has 1 spiro atoms. The van der Waals surface area contributed by atoms with Crippen molar-refractivity contribution >= 4 is 5.91 Å². The maximum Gasteiger partial charge on any atom is 0.254 e. The van der Waals surface area contributed by atoms with Crippen LogP contribution in [0.3, 0.4) is 0 Å². The van der Waals surface area contributed by atoms with Gasteiger partial charge in [0.05, 0.1) is 26.3 Å². The average Bonchev–Trinajstić information content (AvgIpc) is 3.05. The van der Waals surface area contributed by atoms with Crippen LogP contribution in [0.25, 0.3) is 0 Å². The highest BCUT2D eigenvalue weighted by Crippen LogP contribution is 2.40. The minimum Gasteiger partial charge on any atom is -0.508 e. The van der Waals surface area contributed by atoms with Gasteiger partial charge in [-0.05, 0) is 42.3 Å². The molecule has 2 aliphatic rings. The predicted octanol–water partition coefficient (Wildman–Crippen LogP) is 2.24. The molecule has 1 aromatic carbocycles. The summed E-state index contributed by atoms with van der Waals surface area (Å²) in [6.07, 6.45) is 4.47. The molecule has 0 aliphatic carbocycles. The van der Waals surface area contributed by atoms with Gasteiger partial charge in [0.1, 0.15) is 11.4 Å². The van der Waals surface area contributed by atoms with E-state index in [-0.39, 0.29) is 23.2 Å². The Kier molecular flexibility index (Phi) is 4.61. The number of carbonyl (C=O) groups is 1. The third-order valence-electron chi connectivity index (χ3n) is 5.23. The zero-order chi connectivity index (χ0) is 18.0. The van der Waals surface area contributed by atoms with E-state index in [2.05, 4.69) is 4.98 Å². The highest BCUT2D eigenvalue weighted by atomic mass is 16.5. The Bertz CT molecular complexity index is 774. The lowest BCUT2D eigenvalue weighted by Gasteiger charge is -2.50. The molecule has 1 aromatic heterocycles. The minimum atomic E-state index is -0.287. The van der Waals surface area contributed by atoms with E-state index >= 15 is 0 Å². The first-order valence-electron chi connectivity index (χ1n) is 8.85. The summed E-state index contributed by atoms with van der Waals surface area (Å²) in [7, 11) is 0. The van der Waals surface area contributed by atoms with Crippen LogP contribution in [0, 0.1) is 5.92 Å². The van der Waals surface area contributed by atoms with Crippen molar-refractivity contribution in [2.24, 2.45) is 5.92 Å². The van der Waals surface area contributed by atoms with Crippen LogP contribution < -0.4 is 0 Å². The number of aromatic nitrogens is 1. The zero-order valence-electron chi connectivity index (χ0n) is 14.5. The molecule has 0 bridgehead atoms. The van der Waals surface area contributed by atoms with Gasteiger partial charge in [-0.1, -0.05) is 6.07 Å². The van der Waals surface area contributed by atoms with Crippen LogP contribution >= 0.6 is 0 Å². The quantitative estimate of drug-likeness (QED) is 0.892. The second-order valence-electron chi connectivity index (χ2n) is 6.98. The van der Waals surface area contributed by atoms with Gasteiger partial charge in [0.2, 0.25) is 0 Å². The number of pyridine rings is 1. The lowest BCUT2D eigenvalue weighted by Crippen LogP contribution is -2.66. The van der Waals surface area contributed by atoms with Gasteiger partial charge in [0.25, 0.3) is 5.91 Å². The third kappa shape index (κ3) is 3.30. The molecule has 0 radical (unpaired) electrons. The fraction of sp³-hybridized carbons (Fsp3) is 0.400. The molecular weight excluding hydrogens is 332 g/mol. The number of carbonyl (C=O) groups excluding carboxylic acids is 1. The summed E-state index contributed by atoms with van der Waals surface area (Å²) in [5, 5.41) is 9.56. The largest absolute Gasteiger partial charge is 0.508 e. The molecular formula is C20H22N2O4. The van der Waals surface area contributed by atoms with Crippen molar-refractivity contribution in [1.29, 1.82) is 0 Å². The van der Waals surface area contributed by atoms with Gasteiger partial charge < -0.3 is 19.5 Å². The summed E-state index contributed by atoms with van der Waals surface area (Å²) in [5.74, 6) is 0.321. The van der Waals surface area contributed by atoms with Gasteiger partial charge in [-0.2, -0.15) is 0 Å². The maximum absolute atomic E-state index is 12.5. The van der Waals surface area contributed by atoms with E-state index in [0.29, 0.717) is 38.5 Å². The van der Waals surface area contributed by atoms with Crippen LogP contribution in [0.2, 0.25) is 0 Å². The average molecular weight is 354 g/mol. The Morgan fingerprint density at radius 1 is 1.31 bits per heavy atom. The Morgan fingerprint density at radius 3 is 2.88 bits per heavy atom. The molecule has 26 heavy (non-hydrogen) atoms. The second-order valence-corrected chi connectivity index (χ2v) is 6.98. The SMILES string of the molecule is O=C(c1cccc(O)c1)N1CC2(C1)OCC[C@@H]2COCc1ccncc1. The Balaban J connectivity index is 1.32. The van der Waals surface area contributed by atoms with Crippen LogP contribution in [0.4, 0.5) is 0 Å². The van der Waals surface area contributed by atoms with Gasteiger partial charge >= 0.3 is 0 Å². The number of hydrogen-bond acceptors (Lipinski definition) is 5. The van der Waals surface area contributed by atoms with Crippen LogP contribution in [-0.2, 0) is 16.1 Å². The summed E-state index contributed by atoms with van der Waals surface area (Å²) in [5.41, 5.74) is 1.32. The molecule has 6 nitrogen and oxygen atoms in total. The van der Waals surface area contributed by atoms with Crippen molar-refractivity contribution in [3.63, 3.8) is 0 Å². The summed E-state index contributed by atoms with van der Waals surface area (Å²) in [4.78, 5) is 18.3. The van der Waals surface area contributed by atoms with Crippen molar-refractivity contribution in [3.8, 4) is 5.75 Å². The van der Waals surface area contributed by atoms with Gasteiger partial charge in [0, 0.05) is 30.5 Å². The molecule has 2 fully saturated rings. The number of nitrogens with zero attached hydrogens (tertiary/aromatic N) is 2. The standard InChI is InChI=1S/C20H22N2O4/c23-18-3-1-2-16(10-18)19(24)22-13-20(14-22)17(6-9-26-20)12-25-11-15-4-7-21-8-5-15/h1-5,7-8,10,17,23H,6,9,11-14H2/t17-/m1/s1. The summed E-state index contributed by atoms with van der Waals surface area (Å²) in [6, 6.07) is 10.3. The van der Waals surface area contributed by atoms with Crippen molar-refractivity contribution < 1.29 is 19.4 Å². The molecule has 2 aromatic rings. The number of likely N-dealkylation sites (tertiary alicyclic amines) is 1. The van der Waals surface area contributed by atoms with E-state index in [1.54, 1.807) is 35.5 Å². The van der Waals surface area contributed by atoms with Crippen molar-refractivity contribution in [2.75, 3.05) is 26.3 Å². The highest BCUT2D eigenvalue weighted by molar-refractivity contribution is 5.95. The molecule has 6 heteroatoms. The number of phenolic OH excluding ortho intramolecular Hbond substituents is 1. The molecule has 136 valence electrons. The first kappa shape index (κ1) is 17.0. The predicted molar refractivity (Wildman–Crippen MR) is 94.7 cm³/mol. The number of benzene rings is 1. The van der Waals surface area contributed by atoms with E-state index in [0.717, 1.165) is 12.0 Å². The molecule has 3 heterocycles. The maximum atomic E-state index is 12.5. The molecule has 1 N–H and O–H groups in total. The molecule has 0 saturated carbocycles. The first-order chi connectivity index (χ1) is 12.7. The summed E-state index contributed by atoms with van der Waals surface area (Å²) in [6.45, 7) is 3.03. The van der Waals surface area contributed by atoms with E-state index < -0.39 is 0 Å². The minimum absolute atomic E-state index is 0.0709. The molecule has 1 amide bonds. The van der Waals surface area contributed by atoms with E-state index in [9.17, 15) is 9.90 Å². The normalized spacial score (nSPS) is 20.9. The molecule has 1 atom stereocenters. The van der Waals surface area contributed by atoms with Crippen LogP contribution in [0.15, 0.2) is 48.8 Å². The van der Waals surface area contributed by atoms with E-state index in [4.69, 9.17) is 9.47 Å². The Labute approximate surface area is 152 Å². The number of aromatic hydroxyl groups is 1. The lowest BCUT2D eigenvalue weighted by molar-refractivity contribution is -0.129. The van der Waals surface area contributed by atoms with Gasteiger partial charge in [-0.15, -0.1) is 0 Å². The van der Waals surface area contributed by atoms with E-state index in [1.807, 2.05) is 12.1 Å².